The Hall–Kier alpha value is -4.54. The van der Waals surface area contributed by atoms with Crippen molar-refractivity contribution in [2.45, 2.75) is 70.9 Å². The minimum Gasteiger partial charge on any atom is -0.496 e. The summed E-state index contributed by atoms with van der Waals surface area (Å²) in [6.07, 6.45) is 7.71. The first-order valence-corrected chi connectivity index (χ1v) is 16.3. The van der Waals surface area contributed by atoms with E-state index in [1.165, 1.54) is 12.1 Å². The second-order valence-electron chi connectivity index (χ2n) is 12.2. The molecule has 2 heterocycles. The lowest BCUT2D eigenvalue weighted by Crippen LogP contribution is -2.47. The van der Waals surface area contributed by atoms with Crippen molar-refractivity contribution in [3.05, 3.63) is 59.9 Å². The van der Waals surface area contributed by atoms with Crippen LogP contribution in [0.2, 0.25) is 0 Å². The SMILES string of the molecule is CCOC(=O)C1CCC=CCCCCN(C)C(=O)C2CC(Oc3nc(-c4cccc(F)c4)nc4c(C)c(OC)ccc34)CC2C(=O)N1. The summed E-state index contributed by atoms with van der Waals surface area (Å²) >= 11 is 0. The van der Waals surface area contributed by atoms with Crippen molar-refractivity contribution >= 4 is 28.7 Å². The van der Waals surface area contributed by atoms with E-state index >= 15 is 0 Å². The van der Waals surface area contributed by atoms with E-state index in [9.17, 15) is 18.8 Å². The molecule has 1 aromatic heterocycles. The van der Waals surface area contributed by atoms with Crippen LogP contribution in [-0.4, -0.2) is 72.1 Å². The van der Waals surface area contributed by atoms with Crippen LogP contribution in [0, 0.1) is 24.6 Å². The molecule has 5 rings (SSSR count). The molecule has 1 N–H and O–H groups in total. The molecule has 0 bridgehead atoms. The fraction of sp³-hybridized carbons (Fsp3) is 0.472. The van der Waals surface area contributed by atoms with Gasteiger partial charge in [0, 0.05) is 24.7 Å². The van der Waals surface area contributed by atoms with Gasteiger partial charge in [-0.15, -0.1) is 0 Å². The third-order valence-corrected chi connectivity index (χ3v) is 8.96. The van der Waals surface area contributed by atoms with Gasteiger partial charge in [-0.25, -0.2) is 14.2 Å². The van der Waals surface area contributed by atoms with Gasteiger partial charge in [0.2, 0.25) is 17.7 Å². The van der Waals surface area contributed by atoms with E-state index in [1.54, 1.807) is 38.1 Å². The number of amides is 2. The lowest BCUT2D eigenvalue weighted by molar-refractivity contribution is -0.148. The number of hydrogen-bond acceptors (Lipinski definition) is 8. The van der Waals surface area contributed by atoms with Gasteiger partial charge < -0.3 is 24.4 Å². The summed E-state index contributed by atoms with van der Waals surface area (Å²) in [5.41, 5.74) is 1.83. The maximum absolute atomic E-state index is 14.2. The van der Waals surface area contributed by atoms with Crippen molar-refractivity contribution in [1.82, 2.24) is 20.2 Å². The quantitative estimate of drug-likeness (QED) is 0.273. The highest BCUT2D eigenvalue weighted by atomic mass is 19.1. The minimum absolute atomic E-state index is 0.136. The number of esters is 1. The lowest BCUT2D eigenvalue weighted by Gasteiger charge is -2.25. The highest BCUT2D eigenvalue weighted by molar-refractivity contribution is 5.91. The Morgan fingerprint density at radius 2 is 1.85 bits per heavy atom. The number of fused-ring (bicyclic) bond motifs is 2. The van der Waals surface area contributed by atoms with Gasteiger partial charge in [-0.1, -0.05) is 24.3 Å². The molecular weight excluding hydrogens is 603 g/mol. The predicted octanol–water partition coefficient (Wildman–Crippen LogP) is 5.55. The van der Waals surface area contributed by atoms with Crippen LogP contribution in [0.1, 0.15) is 57.4 Å². The Morgan fingerprint density at radius 3 is 2.62 bits per heavy atom. The van der Waals surface area contributed by atoms with Crippen molar-refractivity contribution in [1.29, 1.82) is 0 Å². The topological polar surface area (TPSA) is 120 Å². The molecule has 0 saturated heterocycles. The molecule has 1 aliphatic carbocycles. The van der Waals surface area contributed by atoms with E-state index in [4.69, 9.17) is 24.2 Å². The molecule has 10 nitrogen and oxygen atoms in total. The molecule has 4 unspecified atom stereocenters. The minimum atomic E-state index is -0.830. The normalized spacial score (nSPS) is 22.6. The number of nitrogens with zero attached hydrogens (tertiary/aromatic N) is 3. The molecule has 47 heavy (non-hydrogen) atoms. The zero-order valence-corrected chi connectivity index (χ0v) is 27.5. The van der Waals surface area contributed by atoms with Crippen molar-refractivity contribution in [2.75, 3.05) is 27.3 Å². The smallest absolute Gasteiger partial charge is 0.328 e. The van der Waals surface area contributed by atoms with E-state index in [0.717, 1.165) is 24.8 Å². The predicted molar refractivity (Wildman–Crippen MR) is 175 cm³/mol. The van der Waals surface area contributed by atoms with Crippen LogP contribution in [0.3, 0.4) is 0 Å². The summed E-state index contributed by atoms with van der Waals surface area (Å²) in [7, 11) is 3.34. The molecule has 0 radical (unpaired) electrons. The van der Waals surface area contributed by atoms with E-state index in [2.05, 4.69) is 11.4 Å². The van der Waals surface area contributed by atoms with E-state index in [-0.39, 0.29) is 43.0 Å². The molecule has 1 saturated carbocycles. The van der Waals surface area contributed by atoms with Gasteiger partial charge >= 0.3 is 5.97 Å². The highest BCUT2D eigenvalue weighted by Crippen LogP contribution is 2.39. The monoisotopic (exact) mass is 646 g/mol. The zero-order chi connectivity index (χ0) is 33.5. The van der Waals surface area contributed by atoms with E-state index < -0.39 is 35.8 Å². The number of rotatable bonds is 6. The van der Waals surface area contributed by atoms with Crippen molar-refractivity contribution in [2.24, 2.45) is 11.8 Å². The highest BCUT2D eigenvalue weighted by Gasteiger charge is 2.46. The van der Waals surface area contributed by atoms with Crippen LogP contribution in [0.15, 0.2) is 48.6 Å². The lowest BCUT2D eigenvalue weighted by atomic mass is 9.93. The number of nitrogens with one attached hydrogen (secondary N) is 1. The molecule has 3 aromatic rings. The molecule has 0 spiro atoms. The largest absolute Gasteiger partial charge is 0.496 e. The average molecular weight is 647 g/mol. The number of aromatic nitrogens is 2. The first kappa shape index (κ1) is 33.8. The number of aryl methyl sites for hydroxylation is 1. The van der Waals surface area contributed by atoms with Crippen LogP contribution in [0.25, 0.3) is 22.3 Å². The zero-order valence-electron chi connectivity index (χ0n) is 27.5. The number of carbonyl (C=O) groups excluding carboxylic acids is 3. The fourth-order valence-corrected chi connectivity index (χ4v) is 6.43. The molecular formula is C36H43FN4O6. The van der Waals surface area contributed by atoms with E-state index in [1.807, 2.05) is 25.1 Å². The summed E-state index contributed by atoms with van der Waals surface area (Å²) in [5.74, 6) is -1.65. The van der Waals surface area contributed by atoms with Crippen LogP contribution in [-0.2, 0) is 19.1 Å². The molecule has 1 fully saturated rings. The summed E-state index contributed by atoms with van der Waals surface area (Å²) in [5, 5.41) is 3.53. The molecule has 4 atom stereocenters. The van der Waals surface area contributed by atoms with Crippen LogP contribution >= 0.6 is 0 Å². The summed E-state index contributed by atoms with van der Waals surface area (Å²) in [4.78, 5) is 51.7. The van der Waals surface area contributed by atoms with Gasteiger partial charge in [0.1, 0.15) is 23.7 Å². The molecule has 250 valence electrons. The Morgan fingerprint density at radius 1 is 1.06 bits per heavy atom. The number of methoxy groups -OCH3 is 1. The van der Waals surface area contributed by atoms with Crippen molar-refractivity contribution in [3.8, 4) is 23.0 Å². The van der Waals surface area contributed by atoms with Crippen LogP contribution < -0.4 is 14.8 Å². The van der Waals surface area contributed by atoms with Crippen molar-refractivity contribution in [3.63, 3.8) is 0 Å². The maximum Gasteiger partial charge on any atom is 0.328 e. The Bertz CT molecular complexity index is 1650. The Labute approximate surface area is 274 Å². The summed E-state index contributed by atoms with van der Waals surface area (Å²) in [6, 6.07) is 8.80. The van der Waals surface area contributed by atoms with E-state index in [0.29, 0.717) is 41.6 Å². The van der Waals surface area contributed by atoms with Gasteiger partial charge in [-0.05, 0) is 83.1 Å². The number of allylic oxidation sites excluding steroid dienone is 2. The maximum atomic E-state index is 14.2. The number of hydrogen-bond donors (Lipinski definition) is 1. The fourth-order valence-electron chi connectivity index (χ4n) is 6.43. The number of ether oxygens (including phenoxy) is 3. The first-order chi connectivity index (χ1) is 22.7. The van der Waals surface area contributed by atoms with Gasteiger partial charge in [0.25, 0.3) is 0 Å². The average Bonchev–Trinajstić information content (AvgIpc) is 3.48. The molecule has 2 amide bonds. The Kier molecular flexibility index (Phi) is 11.1. The van der Waals surface area contributed by atoms with Crippen LogP contribution in [0.4, 0.5) is 4.39 Å². The third-order valence-electron chi connectivity index (χ3n) is 8.96. The van der Waals surface area contributed by atoms with Gasteiger partial charge in [0.05, 0.1) is 36.5 Å². The second kappa shape index (κ2) is 15.4. The molecule has 1 aliphatic heterocycles. The Balaban J connectivity index is 1.49. The number of benzene rings is 2. The summed E-state index contributed by atoms with van der Waals surface area (Å²) in [6.45, 7) is 4.37. The first-order valence-electron chi connectivity index (χ1n) is 16.3. The van der Waals surface area contributed by atoms with Crippen LogP contribution in [0.5, 0.6) is 11.6 Å². The van der Waals surface area contributed by atoms with Gasteiger partial charge in [-0.2, -0.15) is 4.98 Å². The second-order valence-corrected chi connectivity index (χ2v) is 12.2. The summed E-state index contributed by atoms with van der Waals surface area (Å²) < 4.78 is 31.6. The number of carbonyl (C=O) groups is 3. The number of halogens is 1. The third kappa shape index (κ3) is 7.89. The molecule has 2 aromatic carbocycles. The molecule has 11 heteroatoms. The standard InChI is InChI=1S/C36H43FN4O6/c1-5-46-36(44)29-15-10-8-6-7-9-11-18-41(3)35(43)28-21-25(20-27(28)33(42)38-29)47-34-26-16-17-30(45-4)22(2)31(26)39-32(40-34)23-13-12-14-24(37)19-23/h6,8,12-14,16-17,19,25,27-29H,5,7,9-11,15,18,20-21H2,1-4H3,(H,38,42). The molecule has 2 aliphatic rings. The van der Waals surface area contributed by atoms with Crippen molar-refractivity contribution < 1.29 is 33.0 Å². The van der Waals surface area contributed by atoms with Gasteiger partial charge in [-0.3, -0.25) is 9.59 Å². The van der Waals surface area contributed by atoms with Gasteiger partial charge in [0.15, 0.2) is 5.82 Å².